The van der Waals surface area contributed by atoms with Crippen LogP contribution in [0.4, 0.5) is 0 Å². The molecule has 24 heavy (non-hydrogen) atoms. The van der Waals surface area contributed by atoms with E-state index in [2.05, 4.69) is 4.98 Å². The van der Waals surface area contributed by atoms with Gasteiger partial charge in [0.2, 0.25) is 0 Å². The third-order valence-corrected chi connectivity index (χ3v) is 5.30. The van der Waals surface area contributed by atoms with Gasteiger partial charge in [0.25, 0.3) is 0 Å². The lowest BCUT2D eigenvalue weighted by atomic mass is 9.66. The van der Waals surface area contributed by atoms with Gasteiger partial charge in [0.1, 0.15) is 0 Å². The van der Waals surface area contributed by atoms with Crippen molar-refractivity contribution < 1.29 is 19.2 Å². The highest BCUT2D eigenvalue weighted by Gasteiger charge is 2.54. The van der Waals surface area contributed by atoms with Crippen molar-refractivity contribution in [2.24, 2.45) is 0 Å². The number of nitrogens with one attached hydrogen (secondary N) is 1. The first-order chi connectivity index (χ1) is 11.1. The maximum atomic E-state index is 11.4. The van der Waals surface area contributed by atoms with E-state index in [0.717, 1.165) is 16.5 Å². The van der Waals surface area contributed by atoms with Crippen molar-refractivity contribution in [1.82, 2.24) is 4.98 Å². The molecule has 7 heteroatoms. The fourth-order valence-electron chi connectivity index (χ4n) is 3.02. The molecular formula is C17H21BClNO4. The Bertz CT molecular complexity index is 770. The molecule has 0 bridgehead atoms. The Morgan fingerprint density at radius 3 is 2.50 bits per heavy atom. The second-order valence-corrected chi connectivity index (χ2v) is 7.70. The number of carboxylic acid groups (broad SMARTS) is 1. The molecule has 128 valence electrons. The van der Waals surface area contributed by atoms with Crippen molar-refractivity contribution in [1.29, 1.82) is 0 Å². The second-order valence-electron chi connectivity index (χ2n) is 7.26. The molecule has 0 saturated carbocycles. The molecule has 1 aromatic heterocycles. The van der Waals surface area contributed by atoms with Gasteiger partial charge in [-0.2, -0.15) is 0 Å². The van der Waals surface area contributed by atoms with E-state index >= 15 is 0 Å². The molecule has 1 saturated heterocycles. The summed E-state index contributed by atoms with van der Waals surface area (Å²) in [5.41, 5.74) is 0.709. The van der Waals surface area contributed by atoms with Crippen molar-refractivity contribution in [3.8, 4) is 0 Å². The maximum absolute atomic E-state index is 11.4. The van der Waals surface area contributed by atoms with Gasteiger partial charge in [-0.05, 0) is 45.4 Å². The number of carbonyl (C=O) groups is 1. The molecule has 0 amide bonds. The number of aromatic nitrogens is 1. The quantitative estimate of drug-likeness (QED) is 0.818. The van der Waals surface area contributed by atoms with E-state index in [9.17, 15) is 9.90 Å². The smallest absolute Gasteiger partial charge is 0.466 e. The Morgan fingerprint density at radius 1 is 1.29 bits per heavy atom. The Kier molecular flexibility index (Phi) is 4.18. The molecule has 1 aliphatic rings. The fourth-order valence-corrected chi connectivity index (χ4v) is 3.19. The molecule has 0 spiro atoms. The average Bonchev–Trinajstić information content (AvgIpc) is 2.94. The minimum absolute atomic E-state index is 0.0770. The zero-order chi connectivity index (χ0) is 17.7. The zero-order valence-corrected chi connectivity index (χ0v) is 15.0. The van der Waals surface area contributed by atoms with Crippen LogP contribution in [0.5, 0.6) is 0 Å². The van der Waals surface area contributed by atoms with Gasteiger partial charge in [0.05, 0.1) is 17.6 Å². The van der Waals surface area contributed by atoms with E-state index in [-0.39, 0.29) is 6.42 Å². The Labute approximate surface area is 146 Å². The van der Waals surface area contributed by atoms with Gasteiger partial charge in [-0.15, -0.1) is 0 Å². The highest BCUT2D eigenvalue weighted by molar-refractivity contribution is 6.48. The van der Waals surface area contributed by atoms with Gasteiger partial charge in [-0.1, -0.05) is 17.7 Å². The molecule has 2 heterocycles. The molecule has 1 atom stereocenters. The van der Waals surface area contributed by atoms with Gasteiger partial charge in [-0.25, -0.2) is 0 Å². The molecule has 1 fully saturated rings. The van der Waals surface area contributed by atoms with Gasteiger partial charge >= 0.3 is 13.1 Å². The van der Waals surface area contributed by atoms with Crippen LogP contribution < -0.4 is 0 Å². The largest absolute Gasteiger partial charge is 0.481 e. The summed E-state index contributed by atoms with van der Waals surface area (Å²) in [5.74, 6) is -1.31. The SMILES string of the molecule is CC1(C)OB(C(CC(=O)O)c2c[nH]c3cc(Cl)ccc23)OC1(C)C. The number of hydrogen-bond donors (Lipinski definition) is 2. The summed E-state index contributed by atoms with van der Waals surface area (Å²) in [4.78, 5) is 14.6. The highest BCUT2D eigenvalue weighted by Crippen LogP contribution is 2.43. The number of benzene rings is 1. The Morgan fingerprint density at radius 2 is 1.92 bits per heavy atom. The van der Waals surface area contributed by atoms with Gasteiger partial charge < -0.3 is 19.4 Å². The number of halogens is 1. The predicted octanol–water partition coefficient (Wildman–Crippen LogP) is 4.01. The minimum atomic E-state index is -0.891. The number of aromatic amines is 1. The van der Waals surface area contributed by atoms with Crippen LogP contribution in [0.3, 0.4) is 0 Å². The number of carboxylic acids is 1. The minimum Gasteiger partial charge on any atom is -0.481 e. The number of aliphatic carboxylic acids is 1. The van der Waals surface area contributed by atoms with Gasteiger partial charge in [0.15, 0.2) is 0 Å². The molecule has 2 N–H and O–H groups in total. The number of fused-ring (bicyclic) bond motifs is 1. The molecular weight excluding hydrogens is 328 g/mol. The van der Waals surface area contributed by atoms with Crippen LogP contribution in [-0.2, 0) is 14.1 Å². The summed E-state index contributed by atoms with van der Waals surface area (Å²) >= 11 is 6.03. The normalized spacial score (nSPS) is 20.5. The van der Waals surface area contributed by atoms with E-state index in [1.165, 1.54) is 0 Å². The number of hydrogen-bond acceptors (Lipinski definition) is 3. The fraction of sp³-hybridized carbons (Fsp3) is 0.471. The van der Waals surface area contributed by atoms with Crippen LogP contribution in [0.15, 0.2) is 24.4 Å². The third-order valence-electron chi connectivity index (χ3n) is 5.07. The molecule has 1 aliphatic heterocycles. The summed E-state index contributed by atoms with van der Waals surface area (Å²) in [5, 5.41) is 10.9. The molecule has 5 nitrogen and oxygen atoms in total. The zero-order valence-electron chi connectivity index (χ0n) is 14.2. The summed E-state index contributed by atoms with van der Waals surface area (Å²) < 4.78 is 12.2. The topological polar surface area (TPSA) is 71.5 Å². The average molecular weight is 350 g/mol. The predicted molar refractivity (Wildman–Crippen MR) is 94.4 cm³/mol. The lowest BCUT2D eigenvalue weighted by molar-refractivity contribution is -0.137. The summed E-state index contributed by atoms with van der Waals surface area (Å²) in [6, 6.07) is 5.51. The van der Waals surface area contributed by atoms with Gasteiger partial charge in [0, 0.05) is 27.9 Å². The third kappa shape index (κ3) is 2.94. The number of H-pyrrole nitrogens is 1. The van der Waals surface area contributed by atoms with Crippen LogP contribution in [0, 0.1) is 0 Å². The first-order valence-corrected chi connectivity index (χ1v) is 8.32. The molecule has 0 aliphatic carbocycles. The first kappa shape index (κ1) is 17.3. The monoisotopic (exact) mass is 349 g/mol. The van der Waals surface area contributed by atoms with E-state index < -0.39 is 30.1 Å². The summed E-state index contributed by atoms with van der Waals surface area (Å²) in [6.07, 6.45) is 1.74. The first-order valence-electron chi connectivity index (χ1n) is 7.95. The van der Waals surface area contributed by atoms with Crippen LogP contribution in [0.1, 0.15) is 45.5 Å². The van der Waals surface area contributed by atoms with E-state index in [4.69, 9.17) is 20.9 Å². The van der Waals surface area contributed by atoms with Crippen molar-refractivity contribution in [3.63, 3.8) is 0 Å². The summed E-state index contributed by atoms with van der Waals surface area (Å²) in [7, 11) is -0.624. The molecule has 2 aromatic rings. The Hall–Kier alpha value is -1.50. The van der Waals surface area contributed by atoms with Crippen LogP contribution in [0.2, 0.25) is 5.02 Å². The molecule has 1 aromatic carbocycles. The van der Waals surface area contributed by atoms with Crippen molar-refractivity contribution in [3.05, 3.63) is 35.0 Å². The molecule has 3 rings (SSSR count). The second kappa shape index (κ2) is 5.79. The lowest BCUT2D eigenvalue weighted by Crippen LogP contribution is -2.41. The van der Waals surface area contributed by atoms with E-state index in [0.29, 0.717) is 5.02 Å². The van der Waals surface area contributed by atoms with Crippen LogP contribution >= 0.6 is 11.6 Å². The lowest BCUT2D eigenvalue weighted by Gasteiger charge is -2.32. The van der Waals surface area contributed by atoms with Crippen molar-refractivity contribution >= 4 is 35.6 Å². The molecule has 1 unspecified atom stereocenters. The maximum Gasteiger partial charge on any atom is 0.466 e. The van der Waals surface area contributed by atoms with E-state index in [1.54, 1.807) is 6.07 Å². The van der Waals surface area contributed by atoms with Crippen LogP contribution in [0.25, 0.3) is 10.9 Å². The van der Waals surface area contributed by atoms with Gasteiger partial charge in [-0.3, -0.25) is 4.79 Å². The Balaban J connectivity index is 2.02. The van der Waals surface area contributed by atoms with Crippen molar-refractivity contribution in [2.75, 3.05) is 0 Å². The van der Waals surface area contributed by atoms with E-state index in [1.807, 2.05) is 46.0 Å². The standard InChI is InChI=1S/C17H21BClNO4/c1-16(2)17(3,4)24-18(23-16)13(8-15(21)22)12-9-20-14-7-10(19)5-6-11(12)14/h5-7,9,13,20H,8H2,1-4H3,(H,21,22). The number of rotatable bonds is 4. The summed E-state index contributed by atoms with van der Waals surface area (Å²) in [6.45, 7) is 7.83. The molecule has 0 radical (unpaired) electrons. The van der Waals surface area contributed by atoms with Crippen LogP contribution in [-0.4, -0.2) is 34.4 Å². The highest BCUT2D eigenvalue weighted by atomic mass is 35.5. The van der Waals surface area contributed by atoms with Crippen molar-refractivity contribution in [2.45, 2.75) is 51.1 Å².